The van der Waals surface area contributed by atoms with Crippen molar-refractivity contribution in [3.63, 3.8) is 0 Å². The molecular formula is C12H19N3O2S. The highest BCUT2D eigenvalue weighted by molar-refractivity contribution is 7.99. The van der Waals surface area contributed by atoms with E-state index in [-0.39, 0.29) is 10.9 Å². The van der Waals surface area contributed by atoms with E-state index in [0.29, 0.717) is 17.9 Å². The Labute approximate surface area is 111 Å². The van der Waals surface area contributed by atoms with Gasteiger partial charge in [0.2, 0.25) is 0 Å². The first-order valence-electron chi connectivity index (χ1n) is 6.16. The van der Waals surface area contributed by atoms with E-state index in [9.17, 15) is 9.59 Å². The first-order valence-corrected chi connectivity index (χ1v) is 7.31. The van der Waals surface area contributed by atoms with Crippen LogP contribution in [0.2, 0.25) is 0 Å². The van der Waals surface area contributed by atoms with E-state index in [2.05, 4.69) is 5.32 Å². The lowest BCUT2D eigenvalue weighted by molar-refractivity contribution is 0.425. The lowest BCUT2D eigenvalue weighted by atomic mass is 10.1. The van der Waals surface area contributed by atoms with Crippen molar-refractivity contribution in [1.82, 2.24) is 4.90 Å². The maximum Gasteiger partial charge on any atom is 0.253 e. The van der Waals surface area contributed by atoms with Crippen LogP contribution in [0.4, 0.5) is 11.4 Å². The smallest absolute Gasteiger partial charge is 0.253 e. The average molecular weight is 269 g/mol. The van der Waals surface area contributed by atoms with Crippen molar-refractivity contribution in [3.05, 3.63) is 20.4 Å². The molecule has 0 amide bonds. The van der Waals surface area contributed by atoms with Crippen LogP contribution >= 0.6 is 11.8 Å². The quantitative estimate of drug-likeness (QED) is 0.748. The summed E-state index contributed by atoms with van der Waals surface area (Å²) in [6, 6.07) is 0. The summed E-state index contributed by atoms with van der Waals surface area (Å²) in [6.07, 6.45) is 0. The maximum absolute atomic E-state index is 11.7. The number of anilines is 2. The molecule has 1 aromatic rings. The van der Waals surface area contributed by atoms with Gasteiger partial charge in [0.25, 0.3) is 10.9 Å². The third-order valence-electron chi connectivity index (χ3n) is 3.07. The fourth-order valence-corrected chi connectivity index (χ4v) is 2.94. The van der Waals surface area contributed by atoms with E-state index in [0.717, 1.165) is 31.1 Å². The summed E-state index contributed by atoms with van der Waals surface area (Å²) in [5.74, 6) is 2.05. The summed E-state index contributed by atoms with van der Waals surface area (Å²) in [7, 11) is 3.96. The van der Waals surface area contributed by atoms with E-state index in [1.807, 2.05) is 35.7 Å². The Hall–Kier alpha value is -1.01. The molecule has 0 radical (unpaired) electrons. The lowest BCUT2D eigenvalue weighted by Gasteiger charge is -2.30. The fraction of sp³-hybridized carbons (Fsp3) is 0.667. The van der Waals surface area contributed by atoms with Gasteiger partial charge in [0.05, 0.1) is 0 Å². The third-order valence-corrected chi connectivity index (χ3v) is 4.02. The van der Waals surface area contributed by atoms with Crippen LogP contribution in [0, 0.1) is 0 Å². The zero-order valence-electron chi connectivity index (χ0n) is 10.9. The highest BCUT2D eigenvalue weighted by Crippen LogP contribution is 2.23. The van der Waals surface area contributed by atoms with Crippen molar-refractivity contribution in [2.75, 3.05) is 62.0 Å². The van der Waals surface area contributed by atoms with Gasteiger partial charge in [0.1, 0.15) is 11.4 Å². The summed E-state index contributed by atoms with van der Waals surface area (Å²) in [4.78, 5) is 27.3. The largest absolute Gasteiger partial charge is 0.379 e. The minimum atomic E-state index is -0.359. The van der Waals surface area contributed by atoms with Crippen LogP contribution in [0.1, 0.15) is 0 Å². The molecule has 5 nitrogen and oxygen atoms in total. The number of likely N-dealkylation sites (N-methyl/N-ethyl adjacent to an activating group) is 1. The van der Waals surface area contributed by atoms with E-state index >= 15 is 0 Å². The Balaban J connectivity index is 2.04. The highest BCUT2D eigenvalue weighted by atomic mass is 32.2. The van der Waals surface area contributed by atoms with Gasteiger partial charge in [-0.1, -0.05) is 0 Å². The van der Waals surface area contributed by atoms with Gasteiger partial charge < -0.3 is 15.1 Å². The number of nitrogens with one attached hydrogen (secondary N) is 1. The molecule has 2 rings (SSSR count). The number of nitrogens with zero attached hydrogens (tertiary/aromatic N) is 2. The van der Waals surface area contributed by atoms with Crippen LogP contribution in [-0.4, -0.2) is 56.7 Å². The van der Waals surface area contributed by atoms with E-state index < -0.39 is 0 Å². The van der Waals surface area contributed by atoms with Gasteiger partial charge in [-0.2, -0.15) is 11.8 Å². The normalized spacial score (nSPS) is 16.5. The summed E-state index contributed by atoms with van der Waals surface area (Å²) in [5, 5.41) is 3.10. The van der Waals surface area contributed by atoms with Gasteiger partial charge in [-0.05, 0) is 14.1 Å². The summed E-state index contributed by atoms with van der Waals surface area (Å²) in [5.41, 5.74) is 0.448. The molecule has 0 unspecified atom stereocenters. The van der Waals surface area contributed by atoms with Crippen LogP contribution in [0.3, 0.4) is 0 Å². The first-order chi connectivity index (χ1) is 8.61. The second-order valence-corrected chi connectivity index (χ2v) is 5.94. The molecule has 1 saturated heterocycles. The van der Waals surface area contributed by atoms with Crippen molar-refractivity contribution in [2.45, 2.75) is 0 Å². The molecule has 18 heavy (non-hydrogen) atoms. The molecular weight excluding hydrogens is 250 g/mol. The van der Waals surface area contributed by atoms with E-state index in [1.165, 1.54) is 0 Å². The average Bonchev–Trinajstić information content (AvgIpc) is 2.37. The molecule has 0 bridgehead atoms. The topological polar surface area (TPSA) is 52.6 Å². The molecule has 1 aliphatic heterocycles. The van der Waals surface area contributed by atoms with Gasteiger partial charge in [0.15, 0.2) is 0 Å². The SMILES string of the molecule is CN(C)CCNc1c(N2CCSCC2)c(=O)c1=O. The molecule has 1 aromatic carbocycles. The highest BCUT2D eigenvalue weighted by Gasteiger charge is 2.26. The van der Waals surface area contributed by atoms with Crippen LogP contribution in [-0.2, 0) is 0 Å². The molecule has 1 fully saturated rings. The molecule has 0 spiro atoms. The van der Waals surface area contributed by atoms with Crippen molar-refractivity contribution in [2.24, 2.45) is 0 Å². The minimum absolute atomic E-state index is 0.325. The van der Waals surface area contributed by atoms with Gasteiger partial charge in [0, 0.05) is 37.7 Å². The molecule has 0 saturated carbocycles. The second kappa shape index (κ2) is 5.75. The predicted molar refractivity (Wildman–Crippen MR) is 77.9 cm³/mol. The number of thioether (sulfide) groups is 1. The molecule has 1 aliphatic rings. The van der Waals surface area contributed by atoms with Crippen LogP contribution in [0.5, 0.6) is 0 Å². The molecule has 0 atom stereocenters. The Kier molecular flexibility index (Phi) is 4.29. The number of hydrogen-bond donors (Lipinski definition) is 1. The Bertz CT molecular complexity index is 474. The molecule has 6 heteroatoms. The second-order valence-electron chi connectivity index (χ2n) is 4.71. The lowest BCUT2D eigenvalue weighted by Crippen LogP contribution is -2.46. The van der Waals surface area contributed by atoms with Crippen molar-refractivity contribution >= 4 is 23.1 Å². The molecule has 1 N–H and O–H groups in total. The Morgan fingerprint density at radius 2 is 1.89 bits per heavy atom. The van der Waals surface area contributed by atoms with Crippen LogP contribution in [0.15, 0.2) is 9.59 Å². The van der Waals surface area contributed by atoms with E-state index in [1.54, 1.807) is 0 Å². The summed E-state index contributed by atoms with van der Waals surface area (Å²) >= 11 is 1.89. The van der Waals surface area contributed by atoms with Crippen molar-refractivity contribution in [3.8, 4) is 0 Å². The number of hydrogen-bond acceptors (Lipinski definition) is 6. The molecule has 0 aliphatic carbocycles. The fourth-order valence-electron chi connectivity index (χ4n) is 2.04. The van der Waals surface area contributed by atoms with E-state index in [4.69, 9.17) is 0 Å². The summed E-state index contributed by atoms with van der Waals surface area (Å²) < 4.78 is 0. The van der Waals surface area contributed by atoms with Crippen molar-refractivity contribution < 1.29 is 0 Å². The molecule has 1 heterocycles. The molecule has 100 valence electrons. The van der Waals surface area contributed by atoms with Crippen molar-refractivity contribution in [1.29, 1.82) is 0 Å². The minimum Gasteiger partial charge on any atom is -0.379 e. The monoisotopic (exact) mass is 269 g/mol. The number of rotatable bonds is 5. The summed E-state index contributed by atoms with van der Waals surface area (Å²) in [6.45, 7) is 3.25. The van der Waals surface area contributed by atoms with Gasteiger partial charge in [-0.25, -0.2) is 0 Å². The first kappa shape index (κ1) is 13.4. The van der Waals surface area contributed by atoms with Gasteiger partial charge in [-0.15, -0.1) is 0 Å². The standard InChI is InChI=1S/C12H19N3O2S/c1-14(2)4-3-13-9-10(12(17)11(9)16)15-5-7-18-8-6-15/h13H,3-8H2,1-2H3. The maximum atomic E-state index is 11.7. The zero-order chi connectivity index (χ0) is 13.1. The van der Waals surface area contributed by atoms with Crippen LogP contribution < -0.4 is 21.1 Å². The third kappa shape index (κ3) is 2.70. The Morgan fingerprint density at radius 3 is 2.50 bits per heavy atom. The Morgan fingerprint density at radius 1 is 1.22 bits per heavy atom. The van der Waals surface area contributed by atoms with Gasteiger partial charge in [-0.3, -0.25) is 9.59 Å². The van der Waals surface area contributed by atoms with Gasteiger partial charge >= 0.3 is 0 Å². The van der Waals surface area contributed by atoms with Crippen LogP contribution in [0.25, 0.3) is 0 Å². The predicted octanol–water partition coefficient (Wildman–Crippen LogP) is -0.191. The molecule has 0 aromatic heterocycles. The zero-order valence-corrected chi connectivity index (χ0v) is 11.7.